The van der Waals surface area contributed by atoms with E-state index in [1.165, 1.54) is 0 Å². The molecule has 1 aliphatic heterocycles. The minimum atomic E-state index is -0.312. The predicted molar refractivity (Wildman–Crippen MR) is 124 cm³/mol. The molecule has 0 spiro atoms. The summed E-state index contributed by atoms with van der Waals surface area (Å²) in [5.74, 6) is 0.890. The van der Waals surface area contributed by atoms with Crippen LogP contribution < -0.4 is 4.74 Å². The molecule has 3 rings (SSSR count). The molecule has 0 N–H and O–H groups in total. The largest absolute Gasteiger partial charge is 0.493 e. The molecule has 1 aromatic carbocycles. The van der Waals surface area contributed by atoms with Crippen molar-refractivity contribution in [2.75, 3.05) is 46.1 Å². The monoisotopic (exact) mass is 444 g/mol. The van der Waals surface area contributed by atoms with Gasteiger partial charge in [-0.05, 0) is 25.5 Å². The molecule has 0 atom stereocenters. The molecule has 0 radical (unpaired) electrons. The number of hydrogen-bond donors (Lipinski definition) is 0. The smallest absolute Gasteiger partial charge is 0.409 e. The SMILES string of the molecule is CCCCOc1c(C)c(COCC(C)(C)COC(=O)N2CCOCC2)nc2ccccc12. The molecule has 7 heteroatoms. The first kappa shape index (κ1) is 24.3. The van der Waals surface area contributed by atoms with Gasteiger partial charge in [-0.1, -0.05) is 39.3 Å². The molecule has 2 heterocycles. The maximum absolute atomic E-state index is 12.2. The van der Waals surface area contributed by atoms with Crippen LogP contribution in [0.5, 0.6) is 5.75 Å². The summed E-state index contributed by atoms with van der Waals surface area (Å²) in [7, 11) is 0. The summed E-state index contributed by atoms with van der Waals surface area (Å²) in [5.41, 5.74) is 2.47. The molecule has 1 amide bonds. The lowest BCUT2D eigenvalue weighted by Gasteiger charge is -2.29. The van der Waals surface area contributed by atoms with Crippen molar-refractivity contribution in [1.29, 1.82) is 0 Å². The Balaban J connectivity index is 1.58. The lowest BCUT2D eigenvalue weighted by atomic mass is 9.96. The molecule has 7 nitrogen and oxygen atoms in total. The number of morpholine rings is 1. The van der Waals surface area contributed by atoms with Crippen LogP contribution in [-0.4, -0.2) is 62.1 Å². The van der Waals surface area contributed by atoms with Crippen LogP contribution in [0.4, 0.5) is 4.79 Å². The van der Waals surface area contributed by atoms with Crippen molar-refractivity contribution < 1.29 is 23.7 Å². The van der Waals surface area contributed by atoms with Gasteiger partial charge in [0.1, 0.15) is 12.4 Å². The van der Waals surface area contributed by atoms with Gasteiger partial charge in [-0.25, -0.2) is 9.78 Å². The van der Waals surface area contributed by atoms with E-state index in [2.05, 4.69) is 6.92 Å². The van der Waals surface area contributed by atoms with Gasteiger partial charge in [-0.15, -0.1) is 0 Å². The summed E-state index contributed by atoms with van der Waals surface area (Å²) in [6, 6.07) is 8.04. The molecular formula is C25H36N2O5. The number of aromatic nitrogens is 1. The molecule has 0 aliphatic carbocycles. The zero-order valence-corrected chi connectivity index (χ0v) is 19.8. The van der Waals surface area contributed by atoms with E-state index in [4.69, 9.17) is 23.9 Å². The molecule has 2 aromatic rings. The minimum absolute atomic E-state index is 0.290. The highest BCUT2D eigenvalue weighted by Crippen LogP contribution is 2.31. The molecule has 1 saturated heterocycles. The van der Waals surface area contributed by atoms with E-state index in [-0.39, 0.29) is 11.5 Å². The third kappa shape index (κ3) is 6.56. The van der Waals surface area contributed by atoms with E-state index < -0.39 is 0 Å². The highest BCUT2D eigenvalue weighted by molar-refractivity contribution is 5.86. The molecule has 0 bridgehead atoms. The number of rotatable bonds is 10. The molecule has 0 saturated carbocycles. The van der Waals surface area contributed by atoms with Gasteiger partial charge < -0.3 is 23.8 Å². The first-order valence-electron chi connectivity index (χ1n) is 11.5. The molecule has 176 valence electrons. The van der Waals surface area contributed by atoms with Crippen LogP contribution in [0.15, 0.2) is 24.3 Å². The average molecular weight is 445 g/mol. The maximum Gasteiger partial charge on any atom is 0.409 e. The van der Waals surface area contributed by atoms with Gasteiger partial charge in [0.05, 0.1) is 44.2 Å². The van der Waals surface area contributed by atoms with E-state index in [9.17, 15) is 4.79 Å². The van der Waals surface area contributed by atoms with Gasteiger partial charge >= 0.3 is 6.09 Å². The number of unbranched alkanes of at least 4 members (excludes halogenated alkanes) is 1. The van der Waals surface area contributed by atoms with Crippen LogP contribution in [0.2, 0.25) is 0 Å². The summed E-state index contributed by atoms with van der Waals surface area (Å²) in [5, 5.41) is 1.03. The van der Waals surface area contributed by atoms with Crippen molar-refractivity contribution in [1.82, 2.24) is 9.88 Å². The van der Waals surface area contributed by atoms with Gasteiger partial charge in [0.2, 0.25) is 0 Å². The van der Waals surface area contributed by atoms with Crippen LogP contribution in [0.3, 0.4) is 0 Å². The molecule has 32 heavy (non-hydrogen) atoms. The van der Waals surface area contributed by atoms with Crippen LogP contribution >= 0.6 is 0 Å². The number of pyridine rings is 1. The second-order valence-electron chi connectivity index (χ2n) is 9.04. The van der Waals surface area contributed by atoms with Gasteiger partial charge in [0, 0.05) is 29.5 Å². The van der Waals surface area contributed by atoms with E-state index in [1.54, 1.807) is 4.90 Å². The van der Waals surface area contributed by atoms with Crippen molar-refractivity contribution >= 4 is 17.0 Å². The summed E-state index contributed by atoms with van der Waals surface area (Å²) < 4.78 is 23.0. The number of fused-ring (bicyclic) bond motifs is 1. The number of para-hydroxylation sites is 1. The normalized spacial score (nSPS) is 14.6. The van der Waals surface area contributed by atoms with Crippen molar-refractivity contribution in [2.24, 2.45) is 5.41 Å². The van der Waals surface area contributed by atoms with Crippen molar-refractivity contribution in [3.63, 3.8) is 0 Å². The Morgan fingerprint density at radius 2 is 1.94 bits per heavy atom. The molecule has 1 aliphatic rings. The Morgan fingerprint density at radius 1 is 1.19 bits per heavy atom. The quantitative estimate of drug-likeness (QED) is 0.493. The standard InChI is InChI=1S/C25H36N2O5/c1-5-6-13-31-23-19(2)22(26-21-10-8-7-9-20(21)23)16-30-17-25(3,4)18-32-24(28)27-11-14-29-15-12-27/h7-10H,5-6,11-18H2,1-4H3. The Kier molecular flexibility index (Phi) is 8.70. The van der Waals surface area contributed by atoms with Crippen molar-refractivity contribution in [3.05, 3.63) is 35.5 Å². The topological polar surface area (TPSA) is 70.1 Å². The van der Waals surface area contributed by atoms with Crippen LogP contribution in [0, 0.1) is 12.3 Å². The van der Waals surface area contributed by atoms with Crippen LogP contribution in [0.1, 0.15) is 44.9 Å². The Morgan fingerprint density at radius 3 is 2.69 bits per heavy atom. The third-order valence-electron chi connectivity index (χ3n) is 5.51. The molecular weight excluding hydrogens is 408 g/mol. The lowest BCUT2D eigenvalue weighted by Crippen LogP contribution is -2.42. The van der Waals surface area contributed by atoms with Gasteiger partial charge in [-0.2, -0.15) is 0 Å². The number of amides is 1. The van der Waals surface area contributed by atoms with Gasteiger partial charge in [0.15, 0.2) is 0 Å². The van der Waals surface area contributed by atoms with Gasteiger partial charge in [0.25, 0.3) is 0 Å². The molecule has 0 unspecified atom stereocenters. The van der Waals surface area contributed by atoms with E-state index in [0.29, 0.717) is 52.7 Å². The lowest BCUT2D eigenvalue weighted by molar-refractivity contribution is -0.0100. The number of carbonyl (C=O) groups is 1. The van der Waals surface area contributed by atoms with Crippen molar-refractivity contribution in [2.45, 2.75) is 47.1 Å². The molecule has 1 fully saturated rings. The number of nitrogens with zero attached hydrogens (tertiary/aromatic N) is 2. The Bertz CT molecular complexity index is 893. The minimum Gasteiger partial charge on any atom is -0.493 e. The fraction of sp³-hybridized carbons (Fsp3) is 0.600. The fourth-order valence-electron chi connectivity index (χ4n) is 3.53. The number of ether oxygens (including phenoxy) is 4. The Hall–Kier alpha value is -2.38. The first-order valence-corrected chi connectivity index (χ1v) is 11.5. The summed E-state index contributed by atoms with van der Waals surface area (Å²) >= 11 is 0. The average Bonchev–Trinajstić information content (AvgIpc) is 2.80. The van der Waals surface area contributed by atoms with E-state index >= 15 is 0 Å². The second-order valence-corrected chi connectivity index (χ2v) is 9.04. The summed E-state index contributed by atoms with van der Waals surface area (Å²) in [6.07, 6.45) is 1.81. The third-order valence-corrected chi connectivity index (χ3v) is 5.51. The maximum atomic E-state index is 12.2. The highest BCUT2D eigenvalue weighted by atomic mass is 16.6. The van der Waals surface area contributed by atoms with Crippen LogP contribution in [-0.2, 0) is 20.8 Å². The summed E-state index contributed by atoms with van der Waals surface area (Å²) in [6.45, 7) is 12.3. The highest BCUT2D eigenvalue weighted by Gasteiger charge is 2.24. The fourth-order valence-corrected chi connectivity index (χ4v) is 3.53. The zero-order valence-electron chi connectivity index (χ0n) is 19.8. The van der Waals surface area contributed by atoms with Crippen LogP contribution in [0.25, 0.3) is 10.9 Å². The molecule has 1 aromatic heterocycles. The summed E-state index contributed by atoms with van der Waals surface area (Å²) in [4.78, 5) is 18.7. The second kappa shape index (κ2) is 11.5. The first-order chi connectivity index (χ1) is 15.4. The van der Waals surface area contributed by atoms with E-state index in [0.717, 1.165) is 40.8 Å². The zero-order chi connectivity index (χ0) is 23.0. The van der Waals surface area contributed by atoms with Gasteiger partial charge in [-0.3, -0.25) is 0 Å². The number of hydrogen-bond acceptors (Lipinski definition) is 6. The predicted octanol–water partition coefficient (Wildman–Crippen LogP) is 4.73. The van der Waals surface area contributed by atoms with E-state index in [1.807, 2.05) is 45.0 Å². The Labute approximate surface area is 191 Å². The number of benzene rings is 1. The number of carbonyl (C=O) groups excluding carboxylic acids is 1. The van der Waals surface area contributed by atoms with Crippen molar-refractivity contribution in [3.8, 4) is 5.75 Å².